The van der Waals surface area contributed by atoms with Gasteiger partial charge in [-0.2, -0.15) is 5.26 Å². The standard InChI is InChI=1S/C44H59F2N9O14P2Si2/c1-24(2)72(25(3)4)63-20-31-36(68-73(69-72,26(5)6)27(7)8)37(44(65-31)54-18-29(45)32-39(54)51-22-53(9)42(32)57)67-71(60,61-17-13-16-47)62-19-30-35(66-70(58)59)33(46)43(64-30)55-23-50-34-38(48-21-49-40(34)55)52-41(56)28-14-11-10-12-15-28/h10-12,14-15,18,21-27,30-31,33,35-37,43-44,70H,13,17,19-20H2,1-9H3,(H,58,59)(H,48,49,52,56)/t30-,31-,33-,35-,36-,37-,43-,44-,71?/m1/s1. The van der Waals surface area contributed by atoms with Crippen molar-refractivity contribution < 1.29 is 68.1 Å². The normalized spacial score (nSPS) is 26.3. The minimum Gasteiger partial charge on any atom is -0.414 e. The number of carbonyl (C=O) groups is 1. The zero-order valence-electron chi connectivity index (χ0n) is 41.5. The molecule has 10 atom stereocenters. The van der Waals surface area contributed by atoms with E-state index in [0.29, 0.717) is 5.56 Å². The third-order valence-electron chi connectivity index (χ3n) is 13.3. The second kappa shape index (κ2) is 22.0. The number of fused-ring (bicyclic) bond motifs is 3. The largest absolute Gasteiger partial charge is 0.475 e. The average Bonchev–Trinajstić information content (AvgIpc) is 4.09. The first-order valence-corrected chi connectivity index (χ1v) is 30.4. The van der Waals surface area contributed by atoms with Crippen LogP contribution in [0.4, 0.5) is 14.6 Å². The summed E-state index contributed by atoms with van der Waals surface area (Å²) in [6, 6.07) is 10.2. The van der Waals surface area contributed by atoms with Crippen LogP contribution in [-0.4, -0.2) is 118 Å². The molecule has 73 heavy (non-hydrogen) atoms. The number of hydrogen-bond donors (Lipinski definition) is 2. The Bertz CT molecular complexity index is 2970. The van der Waals surface area contributed by atoms with Crippen LogP contribution in [0.5, 0.6) is 0 Å². The molecule has 4 aromatic heterocycles. The van der Waals surface area contributed by atoms with Gasteiger partial charge in [-0.15, -0.1) is 0 Å². The third kappa shape index (κ3) is 10.6. The number of anilines is 1. The van der Waals surface area contributed by atoms with Crippen molar-refractivity contribution in [2.24, 2.45) is 7.05 Å². The predicted octanol–water partition coefficient (Wildman–Crippen LogP) is 7.26. The molecule has 1 aromatic carbocycles. The number of rotatable bonds is 18. The maximum atomic E-state index is 16.7. The van der Waals surface area contributed by atoms with Crippen LogP contribution in [0.3, 0.4) is 0 Å². The Hall–Kier alpha value is -4.50. The number of alkyl halides is 1. The van der Waals surface area contributed by atoms with Crippen molar-refractivity contribution in [2.45, 2.75) is 133 Å². The molecule has 2 unspecified atom stereocenters. The summed E-state index contributed by atoms with van der Waals surface area (Å²) in [5.41, 5.74) is -1.03. The van der Waals surface area contributed by atoms with Crippen molar-refractivity contribution in [3.05, 3.63) is 77.2 Å². The lowest BCUT2D eigenvalue weighted by molar-refractivity contribution is -0.0618. The molecule has 1 amide bonds. The molecule has 2 N–H and O–H groups in total. The minimum atomic E-state index is -5.09. The van der Waals surface area contributed by atoms with Crippen LogP contribution in [0.2, 0.25) is 22.2 Å². The Balaban J connectivity index is 1.16. The third-order valence-corrected chi connectivity index (χ3v) is 25.4. The molecule has 3 fully saturated rings. The SMILES string of the molecule is CC(C)[Si]1(C(C)C)OC[C@H]2O[C@@H](n3cc(F)c4c(=O)n(C)cnc43)[C@H](OP(=O)(OCCC#N)OC[C@H]3O[C@@H](n4cnc5c(NC(=O)c6ccccc6)ncnc54)[C@H](F)[C@@H]3O[PH](=O)O)[C@@H]2O[Si](C(C)C)(C(C)C)O1. The monoisotopic (exact) mass is 1090 g/mol. The zero-order chi connectivity index (χ0) is 52.7. The summed E-state index contributed by atoms with van der Waals surface area (Å²) in [7, 11) is -14.2. The van der Waals surface area contributed by atoms with Crippen LogP contribution in [0.25, 0.3) is 22.2 Å². The van der Waals surface area contributed by atoms with Crippen molar-refractivity contribution >= 4 is 67.1 Å². The number of amides is 1. The fourth-order valence-corrected chi connectivity index (χ4v) is 22.7. The first-order chi connectivity index (χ1) is 34.6. The number of nitriles is 1. The zero-order valence-corrected chi connectivity index (χ0v) is 45.4. The summed E-state index contributed by atoms with van der Waals surface area (Å²) in [6.45, 7) is 14.5. The molecule has 3 aliphatic heterocycles. The van der Waals surface area contributed by atoms with E-state index in [4.69, 9.17) is 40.5 Å². The number of aromatic nitrogens is 7. The molecule has 0 saturated carbocycles. The Morgan fingerprint density at radius 1 is 0.959 bits per heavy atom. The number of hydrogen-bond acceptors (Lipinski definition) is 18. The molecule has 0 radical (unpaired) electrons. The van der Waals surface area contributed by atoms with Gasteiger partial charge in [-0.1, -0.05) is 73.6 Å². The van der Waals surface area contributed by atoms with Crippen LogP contribution in [0, 0.1) is 17.1 Å². The number of nitrogens with zero attached hydrogens (tertiary/aromatic N) is 8. The first kappa shape index (κ1) is 54.8. The fourth-order valence-electron chi connectivity index (χ4n) is 9.66. The molecule has 7 heterocycles. The molecular formula is C44H59F2N9O14P2Si2. The van der Waals surface area contributed by atoms with E-state index in [1.165, 1.54) is 28.8 Å². The van der Waals surface area contributed by atoms with E-state index in [0.717, 1.165) is 17.1 Å². The molecular weight excluding hydrogens is 1030 g/mol. The van der Waals surface area contributed by atoms with Gasteiger partial charge in [0.05, 0.1) is 45.0 Å². The van der Waals surface area contributed by atoms with Crippen LogP contribution < -0.4 is 10.9 Å². The van der Waals surface area contributed by atoms with Gasteiger partial charge >= 0.3 is 33.2 Å². The quantitative estimate of drug-likeness (QED) is 0.0496. The summed E-state index contributed by atoms with van der Waals surface area (Å²) in [4.78, 5) is 53.4. The molecule has 3 saturated heterocycles. The number of aryl methyl sites for hydroxylation is 1. The number of carbonyl (C=O) groups excluding carboxylic acids is 1. The van der Waals surface area contributed by atoms with E-state index in [1.54, 1.807) is 30.3 Å². The number of imidazole rings is 1. The smallest absolute Gasteiger partial charge is 0.414 e. The van der Waals surface area contributed by atoms with Crippen molar-refractivity contribution in [3.63, 3.8) is 0 Å². The highest BCUT2D eigenvalue weighted by atomic mass is 31.2. The Morgan fingerprint density at radius 2 is 1.66 bits per heavy atom. The molecule has 0 aliphatic carbocycles. The van der Waals surface area contributed by atoms with Gasteiger partial charge in [-0.25, -0.2) is 33.3 Å². The van der Waals surface area contributed by atoms with E-state index >= 15 is 13.3 Å². The molecule has 29 heteroatoms. The molecule has 396 valence electrons. The summed E-state index contributed by atoms with van der Waals surface area (Å²) in [5.74, 6) is -1.45. The lowest BCUT2D eigenvalue weighted by atomic mass is 10.1. The highest BCUT2D eigenvalue weighted by molar-refractivity contribution is 7.48. The molecule has 23 nitrogen and oxygen atoms in total. The molecule has 3 aliphatic rings. The Labute approximate surface area is 421 Å². The number of phosphoric acid groups is 1. The van der Waals surface area contributed by atoms with Crippen molar-refractivity contribution in [2.75, 3.05) is 25.1 Å². The maximum Gasteiger partial charge on any atom is 0.475 e. The number of ether oxygens (including phenoxy) is 2. The summed E-state index contributed by atoms with van der Waals surface area (Å²) >= 11 is 0. The lowest BCUT2D eigenvalue weighted by Gasteiger charge is -2.51. The van der Waals surface area contributed by atoms with Crippen molar-refractivity contribution in [1.29, 1.82) is 5.26 Å². The number of benzene rings is 1. The van der Waals surface area contributed by atoms with Crippen LogP contribution >= 0.6 is 16.1 Å². The van der Waals surface area contributed by atoms with Crippen LogP contribution in [-0.2, 0) is 56.7 Å². The van der Waals surface area contributed by atoms with Gasteiger partial charge < -0.3 is 46.3 Å². The van der Waals surface area contributed by atoms with E-state index in [1.807, 2.05) is 61.5 Å². The average molecular weight is 1090 g/mol. The van der Waals surface area contributed by atoms with E-state index < -0.39 is 113 Å². The number of nitrogens with one attached hydrogen (secondary N) is 1. The highest BCUT2D eigenvalue weighted by Gasteiger charge is 2.63. The van der Waals surface area contributed by atoms with E-state index in [2.05, 4.69) is 25.3 Å². The van der Waals surface area contributed by atoms with Crippen molar-refractivity contribution in [1.82, 2.24) is 33.6 Å². The molecule has 8 rings (SSSR count). The van der Waals surface area contributed by atoms with Gasteiger partial charge in [0.15, 0.2) is 47.1 Å². The summed E-state index contributed by atoms with van der Waals surface area (Å²) in [6.07, 6.45) is -8.44. The fraction of sp³-hybridized carbons (Fsp3) is 0.568. The highest BCUT2D eigenvalue weighted by Crippen LogP contribution is 2.57. The van der Waals surface area contributed by atoms with Crippen molar-refractivity contribution in [3.8, 4) is 6.07 Å². The Morgan fingerprint density at radius 3 is 2.32 bits per heavy atom. The van der Waals surface area contributed by atoms with Gasteiger partial charge in [0.25, 0.3) is 11.5 Å². The number of halogens is 2. The summed E-state index contributed by atoms with van der Waals surface area (Å²) in [5, 5.41) is 11.8. The van der Waals surface area contributed by atoms with Crippen LogP contribution in [0.15, 0.2) is 60.3 Å². The van der Waals surface area contributed by atoms with Gasteiger partial charge in [0.2, 0.25) is 0 Å². The molecule has 0 bridgehead atoms. The van der Waals surface area contributed by atoms with Gasteiger partial charge in [0.1, 0.15) is 42.2 Å². The molecule has 5 aromatic rings. The van der Waals surface area contributed by atoms with Gasteiger partial charge in [-0.05, 0) is 34.3 Å². The van der Waals surface area contributed by atoms with Gasteiger partial charge in [-0.3, -0.25) is 32.3 Å². The van der Waals surface area contributed by atoms with Crippen LogP contribution in [0.1, 0.15) is 84.6 Å². The second-order valence-electron chi connectivity index (χ2n) is 19.1. The first-order valence-electron chi connectivity index (χ1n) is 23.7. The topological polar surface area (TPSA) is 274 Å². The Kier molecular flexibility index (Phi) is 16.5. The molecule has 0 spiro atoms. The maximum absolute atomic E-state index is 16.7. The minimum absolute atomic E-state index is 0.00348. The van der Waals surface area contributed by atoms with Gasteiger partial charge in [0, 0.05) is 18.8 Å². The second-order valence-corrected chi connectivity index (χ2v) is 30.4. The van der Waals surface area contributed by atoms with E-state index in [-0.39, 0.29) is 63.2 Å². The lowest BCUT2D eigenvalue weighted by Crippen LogP contribution is -2.65. The predicted molar refractivity (Wildman–Crippen MR) is 262 cm³/mol. The summed E-state index contributed by atoms with van der Waals surface area (Å²) < 4.78 is 122. The van der Waals surface area contributed by atoms with E-state index in [9.17, 15) is 24.3 Å². The number of phosphoric ester groups is 1.